The van der Waals surface area contributed by atoms with Crippen LogP contribution in [-0.4, -0.2) is 41.3 Å². The van der Waals surface area contributed by atoms with Crippen molar-refractivity contribution in [2.75, 3.05) is 6.54 Å². The molecule has 8 heteroatoms. The van der Waals surface area contributed by atoms with Crippen molar-refractivity contribution < 1.29 is 19.5 Å². The van der Waals surface area contributed by atoms with Crippen LogP contribution in [0.1, 0.15) is 61.3 Å². The van der Waals surface area contributed by atoms with Gasteiger partial charge in [-0.3, -0.25) is 14.6 Å². The number of carboxylic acids is 1. The molecule has 0 heterocycles. The number of Topliss-reactive ketones (excluding diaryl/α,β-unsaturated/α-hetero) is 1. The molecule has 25 heavy (non-hydrogen) atoms. The molecule has 0 rings (SSSR count). The quantitative estimate of drug-likeness (QED) is 0.319. The number of carboxylic acid groups (broad SMARTS) is 1. The largest absolute Gasteiger partial charge is 0.480 e. The Hall–Kier alpha value is -2.12. The number of rotatable bonds is 6. The highest BCUT2D eigenvalue weighted by Gasteiger charge is 2.26. The first-order valence-corrected chi connectivity index (χ1v) is 8.19. The third-order valence-electron chi connectivity index (χ3n) is 3.29. The summed E-state index contributed by atoms with van der Waals surface area (Å²) >= 11 is 0. The standard InChI is InChI=1S/C11H22N4O3.C6H12O/c1-11(2,3)9(18)15-7(8(16)17)5-4-6-14-10(12)13;1-5(7)6(2,3)4/h7H,4-6H2,1-3H3,(H,15,18)(H,16,17)(H4,12,13,14);1-4H3. The van der Waals surface area contributed by atoms with E-state index in [2.05, 4.69) is 10.3 Å². The molecule has 0 aromatic rings. The van der Waals surface area contributed by atoms with Crippen molar-refractivity contribution in [2.45, 2.75) is 67.3 Å². The molecule has 0 aliphatic heterocycles. The zero-order chi connectivity index (χ0) is 20.4. The Morgan fingerprint density at radius 1 is 1.04 bits per heavy atom. The van der Waals surface area contributed by atoms with Crippen molar-refractivity contribution in [3.05, 3.63) is 0 Å². The van der Waals surface area contributed by atoms with Crippen molar-refractivity contribution >= 4 is 23.6 Å². The van der Waals surface area contributed by atoms with E-state index in [1.807, 2.05) is 20.8 Å². The van der Waals surface area contributed by atoms with Crippen LogP contribution in [0, 0.1) is 10.8 Å². The van der Waals surface area contributed by atoms with E-state index in [0.717, 1.165) is 0 Å². The number of aliphatic carboxylic acids is 1. The molecule has 1 amide bonds. The van der Waals surface area contributed by atoms with Gasteiger partial charge in [-0.1, -0.05) is 41.5 Å². The summed E-state index contributed by atoms with van der Waals surface area (Å²) in [6.07, 6.45) is 0.771. The monoisotopic (exact) mass is 358 g/mol. The molecule has 0 bridgehead atoms. The lowest BCUT2D eigenvalue weighted by Crippen LogP contribution is -2.45. The van der Waals surface area contributed by atoms with Gasteiger partial charge in [0.15, 0.2) is 5.96 Å². The first-order valence-electron chi connectivity index (χ1n) is 8.19. The summed E-state index contributed by atoms with van der Waals surface area (Å²) in [5.74, 6) is -1.14. The molecular formula is C17H34N4O4. The number of nitrogens with two attached hydrogens (primary N) is 2. The van der Waals surface area contributed by atoms with Gasteiger partial charge < -0.3 is 21.9 Å². The molecule has 146 valence electrons. The third kappa shape index (κ3) is 14.0. The fourth-order valence-corrected chi connectivity index (χ4v) is 1.14. The van der Waals surface area contributed by atoms with E-state index in [1.165, 1.54) is 0 Å². The smallest absolute Gasteiger partial charge is 0.326 e. The molecule has 0 saturated heterocycles. The van der Waals surface area contributed by atoms with Crippen LogP contribution < -0.4 is 16.8 Å². The average molecular weight is 358 g/mol. The molecule has 1 unspecified atom stereocenters. The molecule has 8 nitrogen and oxygen atoms in total. The molecule has 0 saturated carbocycles. The van der Waals surface area contributed by atoms with Gasteiger partial charge in [0.25, 0.3) is 0 Å². The van der Waals surface area contributed by atoms with Gasteiger partial charge in [-0.05, 0) is 19.8 Å². The number of carbonyl (C=O) groups is 3. The van der Waals surface area contributed by atoms with Crippen LogP contribution in [0.25, 0.3) is 0 Å². The predicted molar refractivity (Wildman–Crippen MR) is 99.1 cm³/mol. The number of amides is 1. The SMILES string of the molecule is CC(=O)C(C)(C)C.CC(C)(C)C(=O)NC(CCCN=C(N)N)C(=O)O. The second kappa shape index (κ2) is 10.7. The van der Waals surface area contributed by atoms with E-state index in [-0.39, 0.29) is 29.5 Å². The lowest BCUT2D eigenvalue weighted by atomic mass is 9.92. The Morgan fingerprint density at radius 2 is 1.48 bits per heavy atom. The van der Waals surface area contributed by atoms with Crippen molar-refractivity contribution in [1.82, 2.24) is 5.32 Å². The highest BCUT2D eigenvalue weighted by Crippen LogP contribution is 2.14. The maximum atomic E-state index is 11.7. The average Bonchev–Trinajstić information content (AvgIpc) is 2.39. The third-order valence-corrected chi connectivity index (χ3v) is 3.29. The van der Waals surface area contributed by atoms with E-state index in [1.54, 1.807) is 27.7 Å². The predicted octanol–water partition coefficient (Wildman–Crippen LogP) is 1.28. The number of aliphatic imine (C=N–C) groups is 1. The minimum absolute atomic E-state index is 0.0272. The summed E-state index contributed by atoms with van der Waals surface area (Å²) in [6, 6.07) is -0.911. The highest BCUT2D eigenvalue weighted by atomic mass is 16.4. The lowest BCUT2D eigenvalue weighted by Gasteiger charge is -2.21. The van der Waals surface area contributed by atoms with E-state index in [0.29, 0.717) is 13.0 Å². The zero-order valence-corrected chi connectivity index (χ0v) is 16.5. The molecule has 1 atom stereocenters. The van der Waals surface area contributed by atoms with Crippen molar-refractivity contribution in [3.8, 4) is 0 Å². The van der Waals surface area contributed by atoms with Crippen LogP contribution in [0.4, 0.5) is 0 Å². The molecule has 0 aliphatic rings. The molecule has 6 N–H and O–H groups in total. The summed E-state index contributed by atoms with van der Waals surface area (Å²) in [5.41, 5.74) is 9.54. The normalized spacial score (nSPS) is 12.3. The fourth-order valence-electron chi connectivity index (χ4n) is 1.14. The van der Waals surface area contributed by atoms with Crippen molar-refractivity contribution in [2.24, 2.45) is 27.3 Å². The Labute approximate surface area is 150 Å². The Bertz CT molecular complexity index is 484. The second-order valence-corrected chi connectivity index (χ2v) is 7.87. The van der Waals surface area contributed by atoms with Crippen molar-refractivity contribution in [1.29, 1.82) is 0 Å². The summed E-state index contributed by atoms with van der Waals surface area (Å²) in [5, 5.41) is 11.5. The van der Waals surface area contributed by atoms with Gasteiger partial charge in [-0.15, -0.1) is 0 Å². The Kier molecular flexibility index (Phi) is 10.7. The first-order chi connectivity index (χ1) is 11.1. The van der Waals surface area contributed by atoms with Crippen LogP contribution in [0.5, 0.6) is 0 Å². The van der Waals surface area contributed by atoms with E-state index >= 15 is 0 Å². The number of nitrogens with one attached hydrogen (secondary N) is 1. The minimum Gasteiger partial charge on any atom is -0.480 e. The van der Waals surface area contributed by atoms with E-state index in [4.69, 9.17) is 16.6 Å². The number of ketones is 1. The van der Waals surface area contributed by atoms with Gasteiger partial charge >= 0.3 is 5.97 Å². The van der Waals surface area contributed by atoms with Gasteiger partial charge in [0.2, 0.25) is 5.91 Å². The van der Waals surface area contributed by atoms with Crippen LogP contribution >= 0.6 is 0 Å². The molecular weight excluding hydrogens is 324 g/mol. The van der Waals surface area contributed by atoms with Crippen LogP contribution in [0.3, 0.4) is 0 Å². The molecule has 0 radical (unpaired) electrons. The van der Waals surface area contributed by atoms with Gasteiger partial charge in [0.1, 0.15) is 11.8 Å². The van der Waals surface area contributed by atoms with Gasteiger partial charge in [-0.2, -0.15) is 0 Å². The number of carbonyl (C=O) groups excluding carboxylic acids is 2. The lowest BCUT2D eigenvalue weighted by molar-refractivity contribution is -0.143. The van der Waals surface area contributed by atoms with E-state index < -0.39 is 17.4 Å². The molecule has 0 spiro atoms. The summed E-state index contributed by atoms with van der Waals surface area (Å²) in [6.45, 7) is 12.9. The van der Waals surface area contributed by atoms with Crippen LogP contribution in [0.2, 0.25) is 0 Å². The van der Waals surface area contributed by atoms with Gasteiger partial charge in [-0.25, -0.2) is 4.79 Å². The molecule has 0 aromatic heterocycles. The van der Waals surface area contributed by atoms with Gasteiger partial charge in [0.05, 0.1) is 0 Å². The Morgan fingerprint density at radius 3 is 1.76 bits per heavy atom. The first kappa shape index (κ1) is 25.1. The topological polar surface area (TPSA) is 148 Å². The van der Waals surface area contributed by atoms with Gasteiger partial charge in [0, 0.05) is 17.4 Å². The number of guanidine groups is 1. The second-order valence-electron chi connectivity index (χ2n) is 7.87. The molecule has 0 aliphatic carbocycles. The van der Waals surface area contributed by atoms with Crippen LogP contribution in [0.15, 0.2) is 4.99 Å². The maximum absolute atomic E-state index is 11.7. The fraction of sp³-hybridized carbons (Fsp3) is 0.765. The van der Waals surface area contributed by atoms with E-state index in [9.17, 15) is 14.4 Å². The molecule has 0 fully saturated rings. The molecule has 0 aromatic carbocycles. The number of nitrogens with zero attached hydrogens (tertiary/aromatic N) is 1. The maximum Gasteiger partial charge on any atom is 0.326 e. The summed E-state index contributed by atoms with van der Waals surface area (Å²) in [7, 11) is 0. The zero-order valence-electron chi connectivity index (χ0n) is 16.5. The Balaban J connectivity index is 0. The highest BCUT2D eigenvalue weighted by molar-refractivity contribution is 5.86. The number of hydrogen-bond acceptors (Lipinski definition) is 4. The summed E-state index contributed by atoms with van der Waals surface area (Å²) in [4.78, 5) is 36.9. The van der Waals surface area contributed by atoms with Crippen molar-refractivity contribution in [3.63, 3.8) is 0 Å². The number of hydrogen-bond donors (Lipinski definition) is 4. The minimum atomic E-state index is -1.06. The van der Waals surface area contributed by atoms with Crippen LogP contribution in [-0.2, 0) is 14.4 Å². The summed E-state index contributed by atoms with van der Waals surface area (Å²) < 4.78 is 0.